The van der Waals surface area contributed by atoms with E-state index in [9.17, 15) is 0 Å². The SMILES string of the molecule is [CH2-]C(S)Cc1nc2ccccc2s1.[Na+]. The fraction of sp³-hybridized carbons (Fsp3) is 0.200. The molecule has 0 saturated heterocycles. The van der Waals surface area contributed by atoms with Crippen LogP contribution in [0.3, 0.4) is 0 Å². The number of para-hydroxylation sites is 1. The second-order valence-electron chi connectivity index (χ2n) is 2.93. The van der Waals surface area contributed by atoms with Gasteiger partial charge in [0.15, 0.2) is 0 Å². The molecule has 2 rings (SSSR count). The van der Waals surface area contributed by atoms with Gasteiger partial charge in [-0.2, -0.15) is 0 Å². The van der Waals surface area contributed by atoms with E-state index in [1.54, 1.807) is 11.3 Å². The zero-order chi connectivity index (χ0) is 9.26. The molecule has 2 aromatic rings. The Morgan fingerprint density at radius 2 is 2.14 bits per heavy atom. The van der Waals surface area contributed by atoms with Gasteiger partial charge in [-0.1, -0.05) is 12.1 Å². The van der Waals surface area contributed by atoms with Gasteiger partial charge in [0.2, 0.25) is 0 Å². The first-order chi connectivity index (χ1) is 6.25. The molecule has 0 aliphatic heterocycles. The van der Waals surface area contributed by atoms with E-state index in [1.807, 2.05) is 18.2 Å². The summed E-state index contributed by atoms with van der Waals surface area (Å²) in [4.78, 5) is 4.48. The molecule has 0 fully saturated rings. The molecule has 0 amide bonds. The molecular weight excluding hydrogens is 221 g/mol. The summed E-state index contributed by atoms with van der Waals surface area (Å²) in [5, 5.41) is 1.26. The van der Waals surface area contributed by atoms with Gasteiger partial charge in [0, 0.05) is 0 Å². The number of hydrogen-bond acceptors (Lipinski definition) is 3. The van der Waals surface area contributed by atoms with Crippen molar-refractivity contribution in [3.05, 3.63) is 36.2 Å². The summed E-state index contributed by atoms with van der Waals surface area (Å²) in [5.41, 5.74) is 1.08. The Hall–Kier alpha value is 0.460. The number of aromatic nitrogens is 1. The van der Waals surface area contributed by atoms with Crippen molar-refractivity contribution in [3.8, 4) is 0 Å². The van der Waals surface area contributed by atoms with E-state index in [4.69, 9.17) is 0 Å². The fourth-order valence-corrected chi connectivity index (χ4v) is 2.55. The summed E-state index contributed by atoms with van der Waals surface area (Å²) in [6.07, 6.45) is 0.850. The van der Waals surface area contributed by atoms with Crippen LogP contribution < -0.4 is 29.6 Å². The third-order valence-electron chi connectivity index (χ3n) is 1.75. The molecule has 14 heavy (non-hydrogen) atoms. The molecule has 0 spiro atoms. The molecule has 0 aliphatic carbocycles. The second kappa shape index (κ2) is 5.52. The van der Waals surface area contributed by atoms with E-state index in [-0.39, 0.29) is 34.8 Å². The molecule has 1 unspecified atom stereocenters. The maximum absolute atomic E-state index is 4.48. The van der Waals surface area contributed by atoms with Crippen LogP contribution in [0, 0.1) is 6.92 Å². The Morgan fingerprint density at radius 1 is 1.43 bits per heavy atom. The van der Waals surface area contributed by atoms with Gasteiger partial charge in [-0.3, -0.25) is 0 Å². The quantitative estimate of drug-likeness (QED) is 0.435. The maximum atomic E-state index is 4.48. The smallest absolute Gasteiger partial charge is 0.330 e. The predicted molar refractivity (Wildman–Crippen MR) is 61.5 cm³/mol. The van der Waals surface area contributed by atoms with Crippen LogP contribution in [0.5, 0.6) is 0 Å². The zero-order valence-electron chi connectivity index (χ0n) is 8.10. The van der Waals surface area contributed by atoms with Crippen LogP contribution in [-0.4, -0.2) is 10.2 Å². The number of rotatable bonds is 2. The standard InChI is InChI=1S/C10H10NS2.Na/c1-7(12)6-10-11-8-4-2-3-5-9(8)13-10;/h2-5,7,12H,1,6H2;/q-1;+1. The summed E-state index contributed by atoms with van der Waals surface area (Å²) in [6, 6.07) is 8.17. The van der Waals surface area contributed by atoms with Crippen molar-refractivity contribution in [2.45, 2.75) is 11.7 Å². The monoisotopic (exact) mass is 231 g/mol. The first kappa shape index (κ1) is 12.5. The zero-order valence-corrected chi connectivity index (χ0v) is 11.8. The predicted octanol–water partition coefficient (Wildman–Crippen LogP) is -0.0247. The number of fused-ring (bicyclic) bond motifs is 1. The van der Waals surface area contributed by atoms with Crippen molar-refractivity contribution in [3.63, 3.8) is 0 Å². The third kappa shape index (κ3) is 2.97. The molecule has 1 aromatic heterocycles. The third-order valence-corrected chi connectivity index (χ3v) is 2.99. The normalized spacial score (nSPS) is 12.4. The van der Waals surface area contributed by atoms with Gasteiger partial charge in [0.25, 0.3) is 0 Å². The summed E-state index contributed by atoms with van der Waals surface area (Å²) in [7, 11) is 0. The Labute approximate surface area is 116 Å². The Balaban J connectivity index is 0.000000980. The van der Waals surface area contributed by atoms with Gasteiger partial charge in [0.1, 0.15) is 0 Å². The van der Waals surface area contributed by atoms with Crippen LogP contribution in [0.2, 0.25) is 0 Å². The number of thiazole rings is 1. The van der Waals surface area contributed by atoms with Gasteiger partial charge in [0.05, 0.1) is 15.2 Å². The van der Waals surface area contributed by atoms with Crippen molar-refractivity contribution < 1.29 is 29.6 Å². The Kier molecular flexibility index (Phi) is 4.94. The largest absolute Gasteiger partial charge is 1.00 e. The molecular formula is C10H10NNaS2. The minimum atomic E-state index is 0. The Bertz CT molecular complexity index is 378. The first-order valence-electron chi connectivity index (χ1n) is 4.11. The van der Waals surface area contributed by atoms with E-state index >= 15 is 0 Å². The fourth-order valence-electron chi connectivity index (χ4n) is 1.21. The minimum absolute atomic E-state index is 0. The molecule has 0 bridgehead atoms. The summed E-state index contributed by atoms with van der Waals surface area (Å²) in [5.74, 6) is 0. The van der Waals surface area contributed by atoms with Gasteiger partial charge >= 0.3 is 29.6 Å². The topological polar surface area (TPSA) is 12.9 Å². The summed E-state index contributed by atoms with van der Waals surface area (Å²) < 4.78 is 1.24. The molecule has 0 N–H and O–H groups in total. The average molecular weight is 231 g/mol. The van der Waals surface area contributed by atoms with Gasteiger partial charge < -0.3 is 6.92 Å². The summed E-state index contributed by atoms with van der Waals surface area (Å²) in [6.45, 7) is 3.83. The number of thiol groups is 1. The Morgan fingerprint density at radius 3 is 2.79 bits per heavy atom. The van der Waals surface area contributed by atoms with Crippen molar-refractivity contribution in [2.75, 3.05) is 0 Å². The summed E-state index contributed by atoms with van der Waals surface area (Å²) >= 11 is 5.97. The van der Waals surface area contributed by atoms with Crippen LogP contribution in [0.15, 0.2) is 24.3 Å². The minimum Gasteiger partial charge on any atom is -0.330 e. The molecule has 4 heteroatoms. The molecule has 1 aromatic carbocycles. The van der Waals surface area contributed by atoms with E-state index in [0.717, 1.165) is 16.9 Å². The van der Waals surface area contributed by atoms with Crippen LogP contribution >= 0.6 is 24.0 Å². The molecule has 1 nitrogen and oxygen atoms in total. The van der Waals surface area contributed by atoms with Crippen LogP contribution in [-0.2, 0) is 6.42 Å². The molecule has 1 heterocycles. The van der Waals surface area contributed by atoms with Gasteiger partial charge in [-0.15, -0.1) is 16.6 Å². The molecule has 68 valence electrons. The molecule has 0 saturated carbocycles. The maximum Gasteiger partial charge on any atom is 1.00 e. The molecule has 0 radical (unpaired) electrons. The van der Waals surface area contributed by atoms with Crippen molar-refractivity contribution in [1.29, 1.82) is 0 Å². The van der Waals surface area contributed by atoms with E-state index in [1.165, 1.54) is 4.70 Å². The van der Waals surface area contributed by atoms with Crippen molar-refractivity contribution in [2.24, 2.45) is 0 Å². The van der Waals surface area contributed by atoms with E-state index in [2.05, 4.69) is 30.6 Å². The van der Waals surface area contributed by atoms with Gasteiger partial charge in [-0.25, -0.2) is 17.6 Å². The number of hydrogen-bond donors (Lipinski definition) is 1. The number of benzene rings is 1. The van der Waals surface area contributed by atoms with Crippen LogP contribution in [0.1, 0.15) is 5.01 Å². The van der Waals surface area contributed by atoms with E-state index < -0.39 is 0 Å². The van der Waals surface area contributed by atoms with Crippen molar-refractivity contribution in [1.82, 2.24) is 4.98 Å². The molecule has 0 aliphatic rings. The number of nitrogens with zero attached hydrogens (tertiary/aromatic N) is 1. The van der Waals surface area contributed by atoms with E-state index in [0.29, 0.717) is 0 Å². The van der Waals surface area contributed by atoms with Crippen LogP contribution in [0.25, 0.3) is 10.2 Å². The second-order valence-corrected chi connectivity index (χ2v) is 4.78. The first-order valence-corrected chi connectivity index (χ1v) is 5.44. The average Bonchev–Trinajstić information content (AvgIpc) is 2.44. The molecule has 1 atom stereocenters. The van der Waals surface area contributed by atoms with Gasteiger partial charge in [-0.05, 0) is 18.6 Å². The van der Waals surface area contributed by atoms with Crippen LogP contribution in [0.4, 0.5) is 0 Å². The van der Waals surface area contributed by atoms with Crippen molar-refractivity contribution >= 4 is 34.2 Å².